The van der Waals surface area contributed by atoms with Crippen molar-refractivity contribution in [1.29, 1.82) is 0 Å². The van der Waals surface area contributed by atoms with Gasteiger partial charge in [0.15, 0.2) is 0 Å². The van der Waals surface area contributed by atoms with Crippen LogP contribution in [0, 0.1) is 13.8 Å². The van der Waals surface area contributed by atoms with Crippen molar-refractivity contribution in [2.75, 3.05) is 39.8 Å². The van der Waals surface area contributed by atoms with E-state index in [2.05, 4.69) is 9.88 Å². The highest BCUT2D eigenvalue weighted by molar-refractivity contribution is 7.89. The largest absolute Gasteiger partial charge is 0.339 e. The molecule has 1 saturated heterocycles. The van der Waals surface area contributed by atoms with Crippen LogP contribution in [0.2, 0.25) is 0 Å². The van der Waals surface area contributed by atoms with Crippen LogP contribution in [0.5, 0.6) is 0 Å². The SMILES string of the molecule is Cc1ccc(S(=O)(=O)N(C)CC(=O)N2CCN(Cc3cccnc3)CC2)cc1C. The highest BCUT2D eigenvalue weighted by Crippen LogP contribution is 2.18. The number of amides is 1. The molecule has 0 bridgehead atoms. The van der Waals surface area contributed by atoms with Gasteiger partial charge in [-0.05, 0) is 48.7 Å². The van der Waals surface area contributed by atoms with Gasteiger partial charge in [-0.3, -0.25) is 14.7 Å². The standard InChI is InChI=1S/C21H28N4O3S/c1-17-6-7-20(13-18(17)2)29(27,28)23(3)16-21(26)25-11-9-24(10-12-25)15-19-5-4-8-22-14-19/h4-8,13-14H,9-12,15-16H2,1-3H3. The first-order valence-electron chi connectivity index (χ1n) is 9.70. The Hall–Kier alpha value is -2.29. The molecule has 3 rings (SSSR count). The summed E-state index contributed by atoms with van der Waals surface area (Å²) in [7, 11) is -2.24. The molecule has 8 heteroatoms. The second kappa shape index (κ2) is 9.02. The number of carbonyl (C=O) groups excluding carboxylic acids is 1. The van der Waals surface area contributed by atoms with Gasteiger partial charge in [0.25, 0.3) is 0 Å². The number of aryl methyl sites for hydroxylation is 2. The van der Waals surface area contributed by atoms with E-state index in [1.807, 2.05) is 32.2 Å². The minimum atomic E-state index is -3.69. The van der Waals surface area contributed by atoms with Gasteiger partial charge in [-0.2, -0.15) is 4.31 Å². The Balaban J connectivity index is 1.55. The Morgan fingerprint density at radius 2 is 1.83 bits per heavy atom. The van der Waals surface area contributed by atoms with Crippen LogP contribution in [-0.2, 0) is 21.4 Å². The van der Waals surface area contributed by atoms with E-state index in [4.69, 9.17) is 0 Å². The summed E-state index contributed by atoms with van der Waals surface area (Å²) in [6.07, 6.45) is 3.60. The quantitative estimate of drug-likeness (QED) is 0.716. The first kappa shape index (κ1) is 21.4. The van der Waals surface area contributed by atoms with E-state index in [9.17, 15) is 13.2 Å². The molecule has 7 nitrogen and oxygen atoms in total. The number of rotatable bonds is 6. The summed E-state index contributed by atoms with van der Waals surface area (Å²) in [5.41, 5.74) is 3.09. The maximum atomic E-state index is 12.8. The van der Waals surface area contributed by atoms with Crippen molar-refractivity contribution in [1.82, 2.24) is 19.1 Å². The second-order valence-electron chi connectivity index (χ2n) is 7.53. The summed E-state index contributed by atoms with van der Waals surface area (Å²) in [6.45, 7) is 7.17. The summed E-state index contributed by atoms with van der Waals surface area (Å²) >= 11 is 0. The Morgan fingerprint density at radius 1 is 1.10 bits per heavy atom. The number of pyridine rings is 1. The van der Waals surface area contributed by atoms with Crippen LogP contribution in [0.3, 0.4) is 0 Å². The molecule has 0 saturated carbocycles. The highest BCUT2D eigenvalue weighted by Gasteiger charge is 2.27. The van der Waals surface area contributed by atoms with Crippen molar-refractivity contribution in [3.05, 3.63) is 59.4 Å². The second-order valence-corrected chi connectivity index (χ2v) is 9.57. The molecule has 0 N–H and O–H groups in total. The number of likely N-dealkylation sites (N-methyl/N-ethyl adjacent to an activating group) is 1. The number of nitrogens with zero attached hydrogens (tertiary/aromatic N) is 4. The predicted octanol–water partition coefficient (Wildman–Crippen LogP) is 1.66. The van der Waals surface area contributed by atoms with E-state index >= 15 is 0 Å². The molecule has 1 aromatic carbocycles. The number of carbonyl (C=O) groups is 1. The van der Waals surface area contributed by atoms with Crippen molar-refractivity contribution in [2.45, 2.75) is 25.3 Å². The van der Waals surface area contributed by atoms with E-state index in [0.717, 1.165) is 40.6 Å². The average Bonchev–Trinajstić information content (AvgIpc) is 2.71. The lowest BCUT2D eigenvalue weighted by Gasteiger charge is -2.35. The summed E-state index contributed by atoms with van der Waals surface area (Å²) < 4.78 is 26.8. The molecular weight excluding hydrogens is 388 g/mol. The van der Waals surface area contributed by atoms with Gasteiger partial charge in [0, 0.05) is 52.2 Å². The molecule has 2 aromatic rings. The Labute approximate surface area is 173 Å². The smallest absolute Gasteiger partial charge is 0.243 e. The third-order valence-electron chi connectivity index (χ3n) is 5.40. The van der Waals surface area contributed by atoms with Crippen LogP contribution >= 0.6 is 0 Å². The first-order valence-corrected chi connectivity index (χ1v) is 11.1. The molecular formula is C21H28N4O3S. The molecule has 156 valence electrons. The monoisotopic (exact) mass is 416 g/mol. The normalized spacial score (nSPS) is 15.7. The molecule has 1 aliphatic heterocycles. The van der Waals surface area contributed by atoms with Gasteiger partial charge in [-0.25, -0.2) is 8.42 Å². The minimum absolute atomic E-state index is 0.155. The van der Waals surface area contributed by atoms with Gasteiger partial charge in [0.2, 0.25) is 15.9 Å². The van der Waals surface area contributed by atoms with Crippen LogP contribution in [0.25, 0.3) is 0 Å². The molecule has 0 spiro atoms. The van der Waals surface area contributed by atoms with Crippen molar-refractivity contribution < 1.29 is 13.2 Å². The van der Waals surface area contributed by atoms with Crippen LogP contribution in [0.15, 0.2) is 47.6 Å². The maximum Gasteiger partial charge on any atom is 0.243 e. The molecule has 29 heavy (non-hydrogen) atoms. The van der Waals surface area contributed by atoms with Crippen molar-refractivity contribution >= 4 is 15.9 Å². The Morgan fingerprint density at radius 3 is 2.45 bits per heavy atom. The molecule has 0 atom stereocenters. The van der Waals surface area contributed by atoms with Gasteiger partial charge >= 0.3 is 0 Å². The lowest BCUT2D eigenvalue weighted by molar-refractivity contribution is -0.133. The number of benzene rings is 1. The highest BCUT2D eigenvalue weighted by atomic mass is 32.2. The molecule has 1 aromatic heterocycles. The van der Waals surface area contributed by atoms with Gasteiger partial charge in [-0.1, -0.05) is 12.1 Å². The lowest BCUT2D eigenvalue weighted by Crippen LogP contribution is -2.51. The average molecular weight is 417 g/mol. The van der Waals surface area contributed by atoms with E-state index in [1.165, 1.54) is 7.05 Å². The predicted molar refractivity (Wildman–Crippen MR) is 112 cm³/mol. The fourth-order valence-corrected chi connectivity index (χ4v) is 4.54. The first-order chi connectivity index (χ1) is 13.8. The summed E-state index contributed by atoms with van der Waals surface area (Å²) in [5, 5.41) is 0. The molecule has 0 radical (unpaired) electrons. The fraction of sp³-hybridized carbons (Fsp3) is 0.429. The zero-order valence-electron chi connectivity index (χ0n) is 17.2. The molecule has 0 unspecified atom stereocenters. The maximum absolute atomic E-state index is 12.8. The minimum Gasteiger partial charge on any atom is -0.339 e. The number of aromatic nitrogens is 1. The fourth-order valence-electron chi connectivity index (χ4n) is 3.34. The van der Waals surface area contributed by atoms with Gasteiger partial charge in [-0.15, -0.1) is 0 Å². The van der Waals surface area contributed by atoms with Crippen molar-refractivity contribution in [2.24, 2.45) is 0 Å². The molecule has 0 aliphatic carbocycles. The number of hydrogen-bond acceptors (Lipinski definition) is 5. The van der Waals surface area contributed by atoms with E-state index in [-0.39, 0.29) is 17.3 Å². The topological polar surface area (TPSA) is 73.8 Å². The lowest BCUT2D eigenvalue weighted by atomic mass is 10.1. The zero-order valence-corrected chi connectivity index (χ0v) is 18.0. The third kappa shape index (κ3) is 5.20. The Bertz CT molecular complexity index is 955. The third-order valence-corrected chi connectivity index (χ3v) is 7.20. The molecule has 1 fully saturated rings. The van der Waals surface area contributed by atoms with Crippen LogP contribution < -0.4 is 0 Å². The summed E-state index contributed by atoms with van der Waals surface area (Å²) in [6, 6.07) is 9.00. The van der Waals surface area contributed by atoms with Crippen LogP contribution in [0.1, 0.15) is 16.7 Å². The number of piperazine rings is 1. The molecule has 1 aliphatic rings. The van der Waals surface area contributed by atoms with Gasteiger partial charge in [0.05, 0.1) is 11.4 Å². The van der Waals surface area contributed by atoms with Crippen molar-refractivity contribution in [3.63, 3.8) is 0 Å². The zero-order chi connectivity index (χ0) is 21.0. The van der Waals surface area contributed by atoms with Crippen molar-refractivity contribution in [3.8, 4) is 0 Å². The van der Waals surface area contributed by atoms with E-state index < -0.39 is 10.0 Å². The van der Waals surface area contributed by atoms with E-state index in [1.54, 1.807) is 29.3 Å². The van der Waals surface area contributed by atoms with Gasteiger partial charge in [0.1, 0.15) is 0 Å². The summed E-state index contributed by atoms with van der Waals surface area (Å²) in [4.78, 5) is 21.0. The van der Waals surface area contributed by atoms with E-state index in [0.29, 0.717) is 13.1 Å². The number of hydrogen-bond donors (Lipinski definition) is 0. The molecule has 2 heterocycles. The number of sulfonamides is 1. The molecule has 1 amide bonds. The Kier molecular flexibility index (Phi) is 6.66. The van der Waals surface area contributed by atoms with Crippen LogP contribution in [-0.4, -0.2) is 73.2 Å². The van der Waals surface area contributed by atoms with Crippen LogP contribution in [0.4, 0.5) is 0 Å². The van der Waals surface area contributed by atoms with Gasteiger partial charge < -0.3 is 4.90 Å². The summed E-state index contributed by atoms with van der Waals surface area (Å²) in [5.74, 6) is -0.166.